The molecule has 180 valence electrons. The molecule has 1 aliphatic rings. The van der Waals surface area contributed by atoms with Crippen LogP contribution < -0.4 is 9.64 Å². The monoisotopic (exact) mass is 476 g/mol. The number of hydrogen-bond donors (Lipinski definition) is 0. The minimum absolute atomic E-state index is 0.258. The summed E-state index contributed by atoms with van der Waals surface area (Å²) < 4.78 is 34.4. The van der Waals surface area contributed by atoms with Crippen molar-refractivity contribution in [1.29, 1.82) is 0 Å². The van der Waals surface area contributed by atoms with Crippen LogP contribution in [0.15, 0.2) is 72.8 Å². The molecule has 1 atom stereocenters. The van der Waals surface area contributed by atoms with E-state index in [1.807, 2.05) is 18.2 Å². The van der Waals surface area contributed by atoms with E-state index in [1.54, 1.807) is 36.1 Å². The number of hydrogen-bond acceptors (Lipinski definition) is 6. The molecule has 0 N–H and O–H groups in total. The molecule has 0 radical (unpaired) electrons. The molecule has 1 aromatic heterocycles. The first-order chi connectivity index (χ1) is 17.1. The second kappa shape index (κ2) is 10.2. The molecule has 0 bridgehead atoms. The van der Waals surface area contributed by atoms with Crippen molar-refractivity contribution >= 4 is 5.69 Å². The van der Waals surface area contributed by atoms with Crippen LogP contribution in [0.3, 0.4) is 0 Å². The van der Waals surface area contributed by atoms with E-state index in [0.29, 0.717) is 12.4 Å². The average Bonchev–Trinajstić information content (AvgIpc) is 3.34. The molecule has 7 nitrogen and oxygen atoms in total. The highest BCUT2D eigenvalue weighted by Gasteiger charge is 2.31. The number of anilines is 1. The lowest BCUT2D eigenvalue weighted by Gasteiger charge is -2.40. The minimum Gasteiger partial charge on any atom is -0.495 e. The molecule has 4 aromatic rings. The molecule has 9 heteroatoms. The van der Waals surface area contributed by atoms with Crippen LogP contribution in [-0.4, -0.2) is 58.4 Å². The first-order valence-electron chi connectivity index (χ1n) is 11.5. The maximum atomic E-state index is 13.7. The van der Waals surface area contributed by atoms with Crippen molar-refractivity contribution < 1.29 is 13.5 Å². The van der Waals surface area contributed by atoms with E-state index in [9.17, 15) is 8.78 Å². The highest BCUT2D eigenvalue weighted by molar-refractivity contribution is 5.58. The largest absolute Gasteiger partial charge is 0.495 e. The van der Waals surface area contributed by atoms with Crippen molar-refractivity contribution in [3.8, 4) is 5.75 Å². The molecule has 1 unspecified atom stereocenters. The van der Waals surface area contributed by atoms with Gasteiger partial charge in [-0.3, -0.25) is 4.90 Å². The van der Waals surface area contributed by atoms with Gasteiger partial charge in [0.15, 0.2) is 5.82 Å². The molecular formula is C26H26F2N6O. The van der Waals surface area contributed by atoms with Crippen molar-refractivity contribution in [2.45, 2.75) is 12.6 Å². The lowest BCUT2D eigenvalue weighted by atomic mass is 10.0. The third-order valence-electron chi connectivity index (χ3n) is 6.34. The molecule has 0 spiro atoms. The van der Waals surface area contributed by atoms with E-state index in [0.717, 1.165) is 48.7 Å². The topological polar surface area (TPSA) is 59.3 Å². The summed E-state index contributed by atoms with van der Waals surface area (Å²) in [6, 6.07) is 20.5. The number of para-hydroxylation sites is 2. The summed E-state index contributed by atoms with van der Waals surface area (Å²) in [4.78, 5) is 4.62. The van der Waals surface area contributed by atoms with Crippen molar-refractivity contribution in [1.82, 2.24) is 25.1 Å². The fourth-order valence-electron chi connectivity index (χ4n) is 4.56. The Labute approximate surface area is 202 Å². The van der Waals surface area contributed by atoms with E-state index >= 15 is 0 Å². The summed E-state index contributed by atoms with van der Waals surface area (Å²) in [6.45, 7) is 3.49. The van der Waals surface area contributed by atoms with E-state index in [1.165, 1.54) is 24.3 Å². The minimum atomic E-state index is -0.292. The summed E-state index contributed by atoms with van der Waals surface area (Å²) in [5.74, 6) is 0.924. The van der Waals surface area contributed by atoms with Gasteiger partial charge in [-0.1, -0.05) is 36.4 Å². The van der Waals surface area contributed by atoms with Crippen molar-refractivity contribution in [3.05, 3.63) is 101 Å². The molecule has 5 rings (SSSR count). The second-order valence-electron chi connectivity index (χ2n) is 8.47. The van der Waals surface area contributed by atoms with E-state index < -0.39 is 0 Å². The molecule has 1 aliphatic heterocycles. The first kappa shape index (κ1) is 22.9. The summed E-state index contributed by atoms with van der Waals surface area (Å²) >= 11 is 0. The van der Waals surface area contributed by atoms with Gasteiger partial charge in [0, 0.05) is 26.2 Å². The van der Waals surface area contributed by atoms with Gasteiger partial charge in [0.1, 0.15) is 17.4 Å². The van der Waals surface area contributed by atoms with Crippen LogP contribution in [0.2, 0.25) is 0 Å². The number of rotatable bonds is 7. The predicted octanol–water partition coefficient (Wildman–Crippen LogP) is 3.92. The number of piperazine rings is 1. The Balaban J connectivity index is 1.42. The van der Waals surface area contributed by atoms with Crippen LogP contribution in [0, 0.1) is 11.6 Å². The van der Waals surface area contributed by atoms with Gasteiger partial charge in [0.05, 0.1) is 25.4 Å². The molecule has 0 saturated carbocycles. The SMILES string of the molecule is COc1ccccc1N1CCN(C(c2ccc(F)cc2)c2nnnn2Cc2ccc(F)cc2)CC1. The Morgan fingerprint density at radius 1 is 0.857 bits per heavy atom. The Bertz CT molecular complexity index is 1250. The van der Waals surface area contributed by atoms with E-state index in [2.05, 4.69) is 31.4 Å². The summed E-state index contributed by atoms with van der Waals surface area (Å²) in [7, 11) is 1.68. The van der Waals surface area contributed by atoms with Gasteiger partial charge in [-0.15, -0.1) is 5.10 Å². The van der Waals surface area contributed by atoms with E-state index in [-0.39, 0.29) is 17.7 Å². The maximum absolute atomic E-state index is 13.7. The average molecular weight is 477 g/mol. The molecule has 0 amide bonds. The van der Waals surface area contributed by atoms with Crippen LogP contribution >= 0.6 is 0 Å². The zero-order chi connectivity index (χ0) is 24.2. The van der Waals surface area contributed by atoms with Crippen LogP contribution in [-0.2, 0) is 6.54 Å². The van der Waals surface area contributed by atoms with Gasteiger partial charge in [0.25, 0.3) is 0 Å². The van der Waals surface area contributed by atoms with Crippen LogP contribution in [0.5, 0.6) is 5.75 Å². The molecule has 1 fully saturated rings. The molecule has 0 aliphatic carbocycles. The van der Waals surface area contributed by atoms with Crippen LogP contribution in [0.25, 0.3) is 0 Å². The third-order valence-corrected chi connectivity index (χ3v) is 6.34. The first-order valence-corrected chi connectivity index (χ1v) is 11.5. The zero-order valence-electron chi connectivity index (χ0n) is 19.4. The lowest BCUT2D eigenvalue weighted by Crippen LogP contribution is -2.48. The normalized spacial score (nSPS) is 15.2. The van der Waals surface area contributed by atoms with Crippen molar-refractivity contribution in [2.75, 3.05) is 38.2 Å². The smallest absolute Gasteiger partial charge is 0.173 e. The fraction of sp³-hybridized carbons (Fsp3) is 0.269. The Kier molecular flexibility index (Phi) is 6.67. The molecule has 1 saturated heterocycles. The predicted molar refractivity (Wildman–Crippen MR) is 128 cm³/mol. The number of benzene rings is 3. The van der Waals surface area contributed by atoms with Gasteiger partial charge in [-0.05, 0) is 58.0 Å². The number of tetrazole rings is 1. The number of halogens is 2. The summed E-state index contributed by atoms with van der Waals surface area (Å²) in [5.41, 5.74) is 2.86. The van der Waals surface area contributed by atoms with Gasteiger partial charge in [-0.2, -0.15) is 0 Å². The van der Waals surface area contributed by atoms with Crippen molar-refractivity contribution in [3.63, 3.8) is 0 Å². The summed E-state index contributed by atoms with van der Waals surface area (Å²) in [5, 5.41) is 12.5. The number of nitrogens with zero attached hydrogens (tertiary/aromatic N) is 6. The highest BCUT2D eigenvalue weighted by Crippen LogP contribution is 2.32. The number of ether oxygens (including phenoxy) is 1. The van der Waals surface area contributed by atoms with Gasteiger partial charge >= 0.3 is 0 Å². The van der Waals surface area contributed by atoms with Crippen LogP contribution in [0.1, 0.15) is 23.0 Å². The zero-order valence-corrected chi connectivity index (χ0v) is 19.4. The van der Waals surface area contributed by atoms with Gasteiger partial charge in [0.2, 0.25) is 0 Å². The van der Waals surface area contributed by atoms with E-state index in [4.69, 9.17) is 4.74 Å². The quantitative estimate of drug-likeness (QED) is 0.403. The maximum Gasteiger partial charge on any atom is 0.173 e. The van der Waals surface area contributed by atoms with Crippen molar-refractivity contribution in [2.24, 2.45) is 0 Å². The third kappa shape index (κ3) is 5.00. The van der Waals surface area contributed by atoms with Crippen LogP contribution in [0.4, 0.5) is 14.5 Å². The molecular weight excluding hydrogens is 450 g/mol. The Morgan fingerprint density at radius 2 is 1.51 bits per heavy atom. The lowest BCUT2D eigenvalue weighted by molar-refractivity contribution is 0.201. The van der Waals surface area contributed by atoms with Gasteiger partial charge < -0.3 is 9.64 Å². The fourth-order valence-corrected chi connectivity index (χ4v) is 4.56. The standard InChI is InChI=1S/C26H26F2N6O/c1-35-24-5-3-2-4-23(24)32-14-16-33(17-15-32)25(20-8-12-22(28)13-9-20)26-29-30-31-34(26)18-19-6-10-21(27)11-7-19/h2-13,25H,14-18H2,1H3. The Hall–Kier alpha value is -3.85. The summed E-state index contributed by atoms with van der Waals surface area (Å²) in [6.07, 6.45) is 0. The van der Waals surface area contributed by atoms with Gasteiger partial charge in [-0.25, -0.2) is 13.5 Å². The second-order valence-corrected chi connectivity index (χ2v) is 8.47. The molecule has 35 heavy (non-hydrogen) atoms. The molecule has 2 heterocycles. The Morgan fingerprint density at radius 3 is 2.20 bits per heavy atom. The highest BCUT2D eigenvalue weighted by atomic mass is 19.1. The molecule has 3 aromatic carbocycles. The number of methoxy groups -OCH3 is 1. The number of aromatic nitrogens is 4.